The summed E-state index contributed by atoms with van der Waals surface area (Å²) >= 11 is 0. The third kappa shape index (κ3) is 0.955. The van der Waals surface area contributed by atoms with E-state index in [1.807, 2.05) is 0 Å². The molecule has 0 spiro atoms. The molecule has 12 heavy (non-hydrogen) atoms. The van der Waals surface area contributed by atoms with E-state index in [-0.39, 0.29) is 5.75 Å². The molecule has 0 atom stereocenters. The number of hydrogen-bond acceptors (Lipinski definition) is 3. The van der Waals surface area contributed by atoms with Crippen LogP contribution in [0.3, 0.4) is 0 Å². The van der Waals surface area contributed by atoms with Gasteiger partial charge < -0.3 is 10.8 Å². The SMILES string of the molecule is Nc1cncc2cc(O)ccc12. The lowest BCUT2D eigenvalue weighted by atomic mass is 10.1. The summed E-state index contributed by atoms with van der Waals surface area (Å²) in [5.74, 6) is 0.231. The van der Waals surface area contributed by atoms with Crippen LogP contribution in [0.2, 0.25) is 0 Å². The number of phenolic OH excluding ortho intramolecular Hbond substituents is 1. The molecule has 0 aliphatic heterocycles. The molecule has 3 N–H and O–H groups in total. The summed E-state index contributed by atoms with van der Waals surface area (Å²) < 4.78 is 0. The molecule has 0 amide bonds. The molecule has 0 saturated heterocycles. The maximum atomic E-state index is 9.15. The minimum absolute atomic E-state index is 0.231. The van der Waals surface area contributed by atoms with Crippen LogP contribution in [0.15, 0.2) is 30.6 Å². The number of aromatic nitrogens is 1. The third-order valence-corrected chi connectivity index (χ3v) is 1.77. The van der Waals surface area contributed by atoms with Crippen LogP contribution in [0.25, 0.3) is 10.8 Å². The number of rotatable bonds is 0. The summed E-state index contributed by atoms with van der Waals surface area (Å²) in [6, 6.07) is 5.03. The van der Waals surface area contributed by atoms with E-state index in [0.29, 0.717) is 5.69 Å². The van der Waals surface area contributed by atoms with E-state index in [1.54, 1.807) is 30.6 Å². The molecule has 0 unspecified atom stereocenters. The van der Waals surface area contributed by atoms with E-state index in [1.165, 1.54) is 0 Å². The third-order valence-electron chi connectivity index (χ3n) is 1.77. The molecule has 0 saturated carbocycles. The number of hydrogen-bond donors (Lipinski definition) is 2. The average Bonchev–Trinajstić information content (AvgIpc) is 2.04. The first-order chi connectivity index (χ1) is 5.77. The van der Waals surface area contributed by atoms with Gasteiger partial charge in [0.2, 0.25) is 0 Å². The molecule has 2 rings (SSSR count). The lowest BCUT2D eigenvalue weighted by Crippen LogP contribution is -1.87. The molecule has 3 nitrogen and oxygen atoms in total. The van der Waals surface area contributed by atoms with E-state index in [0.717, 1.165) is 10.8 Å². The number of pyridine rings is 1. The first-order valence-corrected chi connectivity index (χ1v) is 3.59. The van der Waals surface area contributed by atoms with E-state index in [9.17, 15) is 0 Å². The van der Waals surface area contributed by atoms with Gasteiger partial charge in [-0.15, -0.1) is 0 Å². The van der Waals surface area contributed by atoms with Crippen LogP contribution in [0.5, 0.6) is 5.75 Å². The van der Waals surface area contributed by atoms with Gasteiger partial charge in [-0.25, -0.2) is 0 Å². The van der Waals surface area contributed by atoms with Crippen LogP contribution in [0, 0.1) is 0 Å². The molecule has 1 heterocycles. The summed E-state index contributed by atoms with van der Waals surface area (Å²) in [6.07, 6.45) is 3.27. The summed E-state index contributed by atoms with van der Waals surface area (Å²) in [4.78, 5) is 3.92. The Kier molecular flexibility index (Phi) is 1.37. The van der Waals surface area contributed by atoms with Gasteiger partial charge in [-0.2, -0.15) is 0 Å². The number of nitrogens with two attached hydrogens (primary N) is 1. The van der Waals surface area contributed by atoms with Crippen molar-refractivity contribution in [2.24, 2.45) is 0 Å². The summed E-state index contributed by atoms with van der Waals surface area (Å²) in [5, 5.41) is 10.9. The van der Waals surface area contributed by atoms with Crippen molar-refractivity contribution in [3.8, 4) is 5.75 Å². The standard InChI is InChI=1S/C9H8N2O/c10-9-5-11-4-6-3-7(12)1-2-8(6)9/h1-5,12H,10H2. The number of fused-ring (bicyclic) bond motifs is 1. The zero-order chi connectivity index (χ0) is 8.55. The van der Waals surface area contributed by atoms with Gasteiger partial charge >= 0.3 is 0 Å². The van der Waals surface area contributed by atoms with E-state index in [4.69, 9.17) is 10.8 Å². The highest BCUT2D eigenvalue weighted by Crippen LogP contribution is 2.22. The van der Waals surface area contributed by atoms with Gasteiger partial charge in [0.05, 0.1) is 11.9 Å². The van der Waals surface area contributed by atoms with Gasteiger partial charge in [-0.05, 0) is 18.2 Å². The maximum Gasteiger partial charge on any atom is 0.116 e. The summed E-state index contributed by atoms with van der Waals surface area (Å²) in [6.45, 7) is 0. The number of benzene rings is 1. The second-order valence-electron chi connectivity index (χ2n) is 2.63. The minimum atomic E-state index is 0.231. The van der Waals surface area contributed by atoms with Crippen LogP contribution in [0.1, 0.15) is 0 Å². The Bertz CT molecular complexity index is 426. The number of aromatic hydroxyl groups is 1. The molecule has 0 radical (unpaired) electrons. The Labute approximate surface area is 69.5 Å². The van der Waals surface area contributed by atoms with Gasteiger partial charge in [-0.3, -0.25) is 4.98 Å². The minimum Gasteiger partial charge on any atom is -0.508 e. The Morgan fingerprint density at radius 2 is 2.08 bits per heavy atom. The second-order valence-corrected chi connectivity index (χ2v) is 2.63. The van der Waals surface area contributed by atoms with Crippen molar-refractivity contribution in [1.82, 2.24) is 4.98 Å². The number of nitrogen functional groups attached to an aromatic ring is 1. The highest BCUT2D eigenvalue weighted by atomic mass is 16.3. The fraction of sp³-hybridized carbons (Fsp3) is 0. The van der Waals surface area contributed by atoms with Crippen molar-refractivity contribution >= 4 is 16.5 Å². The quantitative estimate of drug-likeness (QED) is 0.614. The van der Waals surface area contributed by atoms with Gasteiger partial charge in [0, 0.05) is 17.0 Å². The van der Waals surface area contributed by atoms with E-state index in [2.05, 4.69) is 4.98 Å². The zero-order valence-corrected chi connectivity index (χ0v) is 6.36. The molecular formula is C9H8N2O. The number of nitrogens with zero attached hydrogens (tertiary/aromatic N) is 1. The van der Waals surface area contributed by atoms with Crippen molar-refractivity contribution in [2.75, 3.05) is 5.73 Å². The molecular weight excluding hydrogens is 152 g/mol. The van der Waals surface area contributed by atoms with Crippen LogP contribution in [0.4, 0.5) is 5.69 Å². The number of anilines is 1. The highest BCUT2D eigenvalue weighted by molar-refractivity contribution is 5.92. The summed E-state index contributed by atoms with van der Waals surface area (Å²) in [7, 11) is 0. The first-order valence-electron chi connectivity index (χ1n) is 3.59. The Balaban J connectivity index is 2.86. The highest BCUT2D eigenvalue weighted by Gasteiger charge is 1.97. The largest absolute Gasteiger partial charge is 0.508 e. The van der Waals surface area contributed by atoms with Crippen molar-refractivity contribution < 1.29 is 5.11 Å². The van der Waals surface area contributed by atoms with Gasteiger partial charge in [0.1, 0.15) is 5.75 Å². The molecule has 0 aliphatic rings. The molecule has 0 fully saturated rings. The van der Waals surface area contributed by atoms with Crippen LogP contribution in [-0.2, 0) is 0 Å². The Hall–Kier alpha value is -1.77. The molecule has 3 heteroatoms. The second kappa shape index (κ2) is 2.37. The van der Waals surface area contributed by atoms with Crippen molar-refractivity contribution in [3.63, 3.8) is 0 Å². The number of phenols is 1. The van der Waals surface area contributed by atoms with E-state index >= 15 is 0 Å². The Morgan fingerprint density at radius 1 is 1.25 bits per heavy atom. The average molecular weight is 160 g/mol. The first kappa shape index (κ1) is 6.91. The lowest BCUT2D eigenvalue weighted by Gasteiger charge is -2.00. The van der Waals surface area contributed by atoms with Crippen molar-refractivity contribution in [2.45, 2.75) is 0 Å². The smallest absolute Gasteiger partial charge is 0.116 e. The molecule has 1 aromatic heterocycles. The van der Waals surface area contributed by atoms with E-state index < -0.39 is 0 Å². The van der Waals surface area contributed by atoms with Crippen molar-refractivity contribution in [1.29, 1.82) is 0 Å². The topological polar surface area (TPSA) is 59.1 Å². The molecule has 0 bridgehead atoms. The fourth-order valence-electron chi connectivity index (χ4n) is 1.19. The Morgan fingerprint density at radius 3 is 2.92 bits per heavy atom. The van der Waals surface area contributed by atoms with Crippen LogP contribution < -0.4 is 5.73 Å². The van der Waals surface area contributed by atoms with Crippen LogP contribution in [-0.4, -0.2) is 10.1 Å². The lowest BCUT2D eigenvalue weighted by molar-refractivity contribution is 0.476. The monoisotopic (exact) mass is 160 g/mol. The summed E-state index contributed by atoms with van der Waals surface area (Å²) in [5.41, 5.74) is 6.29. The van der Waals surface area contributed by atoms with Gasteiger partial charge in [-0.1, -0.05) is 0 Å². The van der Waals surface area contributed by atoms with Crippen LogP contribution >= 0.6 is 0 Å². The predicted octanol–water partition coefficient (Wildman–Crippen LogP) is 1.52. The van der Waals surface area contributed by atoms with Crippen molar-refractivity contribution in [3.05, 3.63) is 30.6 Å². The molecule has 0 aliphatic carbocycles. The molecule has 60 valence electrons. The maximum absolute atomic E-state index is 9.15. The fourth-order valence-corrected chi connectivity index (χ4v) is 1.19. The zero-order valence-electron chi connectivity index (χ0n) is 6.36. The molecule has 2 aromatic rings. The normalized spacial score (nSPS) is 10.3. The predicted molar refractivity (Wildman–Crippen MR) is 47.8 cm³/mol. The van der Waals surface area contributed by atoms with Gasteiger partial charge in [0.15, 0.2) is 0 Å². The molecule has 1 aromatic carbocycles. The van der Waals surface area contributed by atoms with Gasteiger partial charge in [0.25, 0.3) is 0 Å².